The van der Waals surface area contributed by atoms with E-state index in [1.165, 1.54) is 5.56 Å². The van der Waals surface area contributed by atoms with Gasteiger partial charge >= 0.3 is 0 Å². The molecule has 2 rings (SSSR count). The van der Waals surface area contributed by atoms with E-state index in [0.29, 0.717) is 0 Å². The first-order valence-corrected chi connectivity index (χ1v) is 3.79. The summed E-state index contributed by atoms with van der Waals surface area (Å²) in [6.45, 7) is 0.837. The number of hydrogen-bond acceptors (Lipinski definition) is 3. The quantitative estimate of drug-likeness (QED) is 0.693. The fourth-order valence-corrected chi connectivity index (χ4v) is 1.34. The van der Waals surface area contributed by atoms with Gasteiger partial charge in [-0.25, -0.2) is 4.98 Å². The van der Waals surface area contributed by atoms with E-state index in [2.05, 4.69) is 16.4 Å². The summed E-state index contributed by atoms with van der Waals surface area (Å²) in [7, 11) is 0. The van der Waals surface area contributed by atoms with E-state index < -0.39 is 0 Å². The molecule has 1 aliphatic rings. The lowest BCUT2D eigenvalue weighted by molar-refractivity contribution is 0.674. The third-order valence-electron chi connectivity index (χ3n) is 1.91. The fourth-order valence-electron chi connectivity index (χ4n) is 1.34. The normalized spacial score (nSPS) is 18.7. The maximum Gasteiger partial charge on any atom is 0.129 e. The second kappa shape index (κ2) is 5.27. The zero-order valence-electron chi connectivity index (χ0n) is 7.06. The second-order valence-corrected chi connectivity index (χ2v) is 2.86. The van der Waals surface area contributed by atoms with Crippen molar-refractivity contribution in [2.24, 2.45) is 5.73 Å². The van der Waals surface area contributed by atoms with Gasteiger partial charge in [0.2, 0.25) is 0 Å². The van der Waals surface area contributed by atoms with Gasteiger partial charge in [-0.05, 0) is 18.1 Å². The van der Waals surface area contributed by atoms with E-state index in [1.54, 1.807) is 6.20 Å². The van der Waals surface area contributed by atoms with Crippen molar-refractivity contribution in [1.29, 1.82) is 0 Å². The lowest BCUT2D eigenvalue weighted by Crippen LogP contribution is -2.35. The first kappa shape index (κ1) is 12.5. The molecule has 1 atom stereocenters. The Morgan fingerprint density at radius 3 is 3.00 bits per heavy atom. The first-order valence-electron chi connectivity index (χ1n) is 3.79. The van der Waals surface area contributed by atoms with Gasteiger partial charge in [0, 0.05) is 18.8 Å². The molecular formula is C8H13Cl2N3. The van der Waals surface area contributed by atoms with Crippen molar-refractivity contribution in [2.45, 2.75) is 12.5 Å². The summed E-state index contributed by atoms with van der Waals surface area (Å²) in [5, 5.41) is 3.18. The molecule has 1 aromatic heterocycles. The molecule has 1 aliphatic heterocycles. The number of rotatable bonds is 0. The highest BCUT2D eigenvalue weighted by Gasteiger charge is 2.13. The van der Waals surface area contributed by atoms with Crippen LogP contribution in [-0.4, -0.2) is 17.6 Å². The Morgan fingerprint density at radius 2 is 2.23 bits per heavy atom. The van der Waals surface area contributed by atoms with Crippen molar-refractivity contribution < 1.29 is 0 Å². The molecule has 2 heterocycles. The van der Waals surface area contributed by atoms with Crippen molar-refractivity contribution in [2.75, 3.05) is 11.9 Å². The van der Waals surface area contributed by atoms with Gasteiger partial charge in [-0.3, -0.25) is 0 Å². The molecule has 0 bridgehead atoms. The molecule has 1 unspecified atom stereocenters. The molecule has 0 spiro atoms. The number of halogens is 2. The maximum absolute atomic E-state index is 5.76. The Morgan fingerprint density at radius 1 is 1.46 bits per heavy atom. The topological polar surface area (TPSA) is 50.9 Å². The molecule has 3 N–H and O–H groups in total. The number of pyridine rings is 1. The molecule has 1 aromatic rings. The van der Waals surface area contributed by atoms with Gasteiger partial charge in [0.25, 0.3) is 0 Å². The Kier molecular flexibility index (Phi) is 5.06. The second-order valence-electron chi connectivity index (χ2n) is 2.86. The summed E-state index contributed by atoms with van der Waals surface area (Å²) >= 11 is 0. The van der Waals surface area contributed by atoms with E-state index in [-0.39, 0.29) is 30.9 Å². The van der Waals surface area contributed by atoms with Crippen molar-refractivity contribution in [1.82, 2.24) is 4.98 Å². The van der Waals surface area contributed by atoms with Gasteiger partial charge in [-0.15, -0.1) is 24.8 Å². The van der Waals surface area contributed by atoms with Crippen LogP contribution >= 0.6 is 24.8 Å². The van der Waals surface area contributed by atoms with E-state index in [1.807, 2.05) is 6.07 Å². The minimum atomic E-state index is 0. The van der Waals surface area contributed by atoms with Crippen LogP contribution in [0.1, 0.15) is 5.56 Å². The van der Waals surface area contributed by atoms with Crippen LogP contribution in [0.5, 0.6) is 0 Å². The number of nitrogens with zero attached hydrogens (tertiary/aromatic N) is 1. The first-order chi connectivity index (χ1) is 5.36. The molecule has 74 valence electrons. The number of hydrogen-bond donors (Lipinski definition) is 2. The van der Waals surface area contributed by atoms with Gasteiger partial charge in [-0.1, -0.05) is 6.07 Å². The SMILES string of the molecule is Cl.Cl.NC1CNc2ncccc2C1. The lowest BCUT2D eigenvalue weighted by atomic mass is 10.0. The van der Waals surface area contributed by atoms with E-state index in [0.717, 1.165) is 18.8 Å². The van der Waals surface area contributed by atoms with Crippen LogP contribution < -0.4 is 11.1 Å². The van der Waals surface area contributed by atoms with Gasteiger partial charge in [0.15, 0.2) is 0 Å². The van der Waals surface area contributed by atoms with E-state index in [9.17, 15) is 0 Å². The van der Waals surface area contributed by atoms with Crippen molar-refractivity contribution >= 4 is 30.6 Å². The Hall–Kier alpha value is -0.510. The summed E-state index contributed by atoms with van der Waals surface area (Å²) in [6.07, 6.45) is 2.73. The summed E-state index contributed by atoms with van der Waals surface area (Å²) in [5.74, 6) is 0.995. The van der Waals surface area contributed by atoms with Gasteiger partial charge in [0.05, 0.1) is 0 Å². The highest BCUT2D eigenvalue weighted by atomic mass is 35.5. The van der Waals surface area contributed by atoms with Crippen LogP contribution in [0, 0.1) is 0 Å². The molecule has 0 amide bonds. The summed E-state index contributed by atoms with van der Waals surface area (Å²) in [4.78, 5) is 4.19. The predicted octanol–water partition coefficient (Wildman–Crippen LogP) is 1.22. The Bertz CT molecular complexity index is 267. The number of fused-ring (bicyclic) bond motifs is 1. The number of nitrogens with one attached hydrogen (secondary N) is 1. The number of anilines is 1. The van der Waals surface area contributed by atoms with Crippen molar-refractivity contribution in [3.63, 3.8) is 0 Å². The molecule has 0 saturated carbocycles. The van der Waals surface area contributed by atoms with Crippen molar-refractivity contribution in [3.05, 3.63) is 23.9 Å². The molecule has 0 radical (unpaired) electrons. The van der Waals surface area contributed by atoms with Crippen LogP contribution in [-0.2, 0) is 6.42 Å². The van der Waals surface area contributed by atoms with Gasteiger partial charge < -0.3 is 11.1 Å². The van der Waals surface area contributed by atoms with Crippen LogP contribution in [0.4, 0.5) is 5.82 Å². The fraction of sp³-hybridized carbons (Fsp3) is 0.375. The average Bonchev–Trinajstić information content (AvgIpc) is 2.04. The summed E-state index contributed by atoms with van der Waals surface area (Å²) in [6, 6.07) is 4.25. The largest absolute Gasteiger partial charge is 0.368 e. The highest BCUT2D eigenvalue weighted by molar-refractivity contribution is 5.85. The van der Waals surface area contributed by atoms with Crippen LogP contribution in [0.3, 0.4) is 0 Å². The molecule has 0 aromatic carbocycles. The van der Waals surface area contributed by atoms with Crippen molar-refractivity contribution in [3.8, 4) is 0 Å². The predicted molar refractivity (Wildman–Crippen MR) is 58.9 cm³/mol. The van der Waals surface area contributed by atoms with Crippen LogP contribution in [0.15, 0.2) is 18.3 Å². The summed E-state index contributed by atoms with van der Waals surface area (Å²) < 4.78 is 0. The third kappa shape index (κ3) is 2.72. The minimum absolute atomic E-state index is 0. The lowest BCUT2D eigenvalue weighted by Gasteiger charge is -2.21. The third-order valence-corrected chi connectivity index (χ3v) is 1.91. The average molecular weight is 222 g/mol. The smallest absolute Gasteiger partial charge is 0.129 e. The Balaban J connectivity index is 0.000000720. The maximum atomic E-state index is 5.76. The molecule has 0 fully saturated rings. The zero-order valence-corrected chi connectivity index (χ0v) is 8.70. The van der Waals surface area contributed by atoms with E-state index in [4.69, 9.17) is 5.73 Å². The van der Waals surface area contributed by atoms with Gasteiger partial charge in [0.1, 0.15) is 5.82 Å². The molecule has 3 nitrogen and oxygen atoms in total. The molecule has 5 heteroatoms. The monoisotopic (exact) mass is 221 g/mol. The summed E-state index contributed by atoms with van der Waals surface area (Å²) in [5.41, 5.74) is 6.99. The number of aromatic nitrogens is 1. The van der Waals surface area contributed by atoms with Gasteiger partial charge in [-0.2, -0.15) is 0 Å². The Labute approximate surface area is 89.9 Å². The highest BCUT2D eigenvalue weighted by Crippen LogP contribution is 2.16. The minimum Gasteiger partial charge on any atom is -0.368 e. The molecular weight excluding hydrogens is 209 g/mol. The van der Waals surface area contributed by atoms with Crippen LogP contribution in [0.25, 0.3) is 0 Å². The molecule has 13 heavy (non-hydrogen) atoms. The van der Waals surface area contributed by atoms with E-state index >= 15 is 0 Å². The van der Waals surface area contributed by atoms with Crippen LogP contribution in [0.2, 0.25) is 0 Å². The molecule has 0 saturated heterocycles. The number of nitrogens with two attached hydrogens (primary N) is 1. The standard InChI is InChI=1S/C8H11N3.2ClH/c9-7-4-6-2-1-3-10-8(6)11-5-7;;/h1-3,7H,4-5,9H2,(H,10,11);2*1H. The zero-order chi connectivity index (χ0) is 7.68. The molecule has 0 aliphatic carbocycles.